The zero-order valence-corrected chi connectivity index (χ0v) is 19.9. The average molecular weight is 469 g/mol. The largest absolute Gasteiger partial charge is 0.444 e. The fourth-order valence-corrected chi connectivity index (χ4v) is 3.83. The lowest BCUT2D eigenvalue weighted by Gasteiger charge is -2.25. The second-order valence-electron chi connectivity index (χ2n) is 9.58. The van der Waals surface area contributed by atoms with E-state index >= 15 is 0 Å². The van der Waals surface area contributed by atoms with Crippen LogP contribution in [0.2, 0.25) is 0 Å². The molecule has 7 heteroatoms. The van der Waals surface area contributed by atoms with Crippen LogP contribution >= 0.6 is 0 Å². The number of hydrogen-bond acceptors (Lipinski definition) is 3. The summed E-state index contributed by atoms with van der Waals surface area (Å²) in [5.74, 6) is -2.02. The number of ether oxygens (including phenoxy) is 1. The number of benzene rings is 2. The highest BCUT2D eigenvalue weighted by molar-refractivity contribution is 5.97. The van der Waals surface area contributed by atoms with E-state index in [9.17, 15) is 18.4 Å². The molecule has 0 aliphatic heterocycles. The molecular formula is C27H30F2N2O3. The topological polar surface area (TPSA) is 67.4 Å². The Kier molecular flexibility index (Phi) is 6.96. The Bertz CT molecular complexity index is 1140. The molecule has 1 aliphatic rings. The highest BCUT2D eigenvalue weighted by Gasteiger charge is 2.55. The van der Waals surface area contributed by atoms with Gasteiger partial charge in [-0.05, 0) is 74.7 Å². The molecule has 1 saturated carbocycles. The highest BCUT2D eigenvalue weighted by atomic mass is 19.1. The molecule has 2 N–H and O–H groups in total. The fraction of sp³-hybridized carbons (Fsp3) is 0.333. The summed E-state index contributed by atoms with van der Waals surface area (Å²) in [6.45, 7) is 14.4. The van der Waals surface area contributed by atoms with Crippen LogP contribution in [0.25, 0.3) is 11.1 Å². The van der Waals surface area contributed by atoms with Crippen LogP contribution < -0.4 is 10.6 Å². The lowest BCUT2D eigenvalue weighted by molar-refractivity contribution is -0.118. The average Bonchev–Trinajstić information content (AvgIpc) is 3.46. The SMILES string of the molecule is C=CC1CC1(NC(=O)OC(C)(C)C)c1cc(F)cc(-c2cc(F)ccc2NC(=O)[C@H](C)C=C)c1. The number of hydrogen-bond donors (Lipinski definition) is 2. The van der Waals surface area contributed by atoms with Crippen molar-refractivity contribution < 1.29 is 23.1 Å². The molecule has 3 rings (SSSR count). The summed E-state index contributed by atoms with van der Waals surface area (Å²) in [5.41, 5.74) is -0.0886. The van der Waals surface area contributed by atoms with Crippen molar-refractivity contribution in [1.82, 2.24) is 5.32 Å². The molecule has 0 aromatic heterocycles. The van der Waals surface area contributed by atoms with Gasteiger partial charge in [-0.3, -0.25) is 4.79 Å². The molecule has 2 amide bonds. The first-order valence-corrected chi connectivity index (χ1v) is 11.1. The monoisotopic (exact) mass is 468 g/mol. The Hall–Kier alpha value is -3.48. The van der Waals surface area contributed by atoms with Crippen LogP contribution in [-0.2, 0) is 15.1 Å². The maximum atomic E-state index is 14.8. The van der Waals surface area contributed by atoms with Crippen molar-refractivity contribution in [3.8, 4) is 11.1 Å². The number of amides is 2. The zero-order chi connectivity index (χ0) is 25.3. The normalized spacial score (nSPS) is 20.1. The summed E-state index contributed by atoms with van der Waals surface area (Å²) in [6, 6.07) is 8.17. The first-order chi connectivity index (χ1) is 15.9. The van der Waals surface area contributed by atoms with Gasteiger partial charge in [-0.15, -0.1) is 13.2 Å². The van der Waals surface area contributed by atoms with Gasteiger partial charge in [0.25, 0.3) is 0 Å². The quantitative estimate of drug-likeness (QED) is 0.468. The number of nitrogens with one attached hydrogen (secondary N) is 2. The smallest absolute Gasteiger partial charge is 0.408 e. The van der Waals surface area contributed by atoms with E-state index in [1.807, 2.05) is 0 Å². The molecule has 0 heterocycles. The molecule has 1 fully saturated rings. The highest BCUT2D eigenvalue weighted by Crippen LogP contribution is 2.53. The van der Waals surface area contributed by atoms with E-state index in [0.29, 0.717) is 28.8 Å². The van der Waals surface area contributed by atoms with Crippen LogP contribution in [0.1, 0.15) is 39.7 Å². The number of alkyl carbamates (subject to hydrolysis) is 1. The second kappa shape index (κ2) is 9.41. The molecule has 180 valence electrons. The minimum absolute atomic E-state index is 0.130. The molecule has 0 spiro atoms. The lowest BCUT2D eigenvalue weighted by atomic mass is 9.95. The maximum Gasteiger partial charge on any atom is 0.408 e. The van der Waals surface area contributed by atoms with Gasteiger partial charge in [0, 0.05) is 17.2 Å². The summed E-state index contributed by atoms with van der Waals surface area (Å²) in [5, 5.41) is 5.63. The Morgan fingerprint density at radius 3 is 2.44 bits per heavy atom. The van der Waals surface area contributed by atoms with E-state index in [1.165, 1.54) is 36.4 Å². The molecule has 0 saturated heterocycles. The van der Waals surface area contributed by atoms with Gasteiger partial charge < -0.3 is 15.4 Å². The second-order valence-corrected chi connectivity index (χ2v) is 9.58. The number of rotatable bonds is 7. The van der Waals surface area contributed by atoms with Gasteiger partial charge in [-0.1, -0.05) is 19.1 Å². The Morgan fingerprint density at radius 1 is 1.15 bits per heavy atom. The summed E-state index contributed by atoms with van der Waals surface area (Å²) in [6.07, 6.45) is 3.09. The Morgan fingerprint density at radius 2 is 1.85 bits per heavy atom. The van der Waals surface area contributed by atoms with Crippen LogP contribution in [-0.4, -0.2) is 17.6 Å². The van der Waals surface area contributed by atoms with Crippen molar-refractivity contribution in [2.75, 3.05) is 5.32 Å². The van der Waals surface area contributed by atoms with Crippen molar-refractivity contribution >= 4 is 17.7 Å². The van der Waals surface area contributed by atoms with Crippen molar-refractivity contribution in [2.24, 2.45) is 11.8 Å². The van der Waals surface area contributed by atoms with Gasteiger partial charge in [0.1, 0.15) is 17.2 Å². The van der Waals surface area contributed by atoms with Crippen LogP contribution in [0.15, 0.2) is 61.7 Å². The first kappa shape index (κ1) is 25.1. The van der Waals surface area contributed by atoms with Crippen molar-refractivity contribution in [1.29, 1.82) is 0 Å². The van der Waals surface area contributed by atoms with E-state index in [0.717, 1.165) is 0 Å². The van der Waals surface area contributed by atoms with E-state index in [1.54, 1.807) is 39.8 Å². The predicted molar refractivity (Wildman–Crippen MR) is 129 cm³/mol. The molecule has 34 heavy (non-hydrogen) atoms. The van der Waals surface area contributed by atoms with E-state index in [2.05, 4.69) is 23.8 Å². The standard InChI is InChI=1S/C27H30F2N2O3/c1-7-16(3)24(32)30-23-10-9-20(28)14-22(23)17-11-19(13-21(29)12-17)27(15-18(27)8-2)31-25(33)34-26(4,5)6/h7-14,16,18H,1-2,15H2,3-6H3,(H,30,32)(H,31,33)/t16-,18?,27?/m1/s1. The molecule has 5 nitrogen and oxygen atoms in total. The maximum absolute atomic E-state index is 14.8. The summed E-state index contributed by atoms with van der Waals surface area (Å²) < 4.78 is 34.4. The molecule has 3 atom stereocenters. The van der Waals surface area contributed by atoms with Gasteiger partial charge in [0.2, 0.25) is 5.91 Å². The molecular weight excluding hydrogens is 438 g/mol. The van der Waals surface area contributed by atoms with Gasteiger partial charge in [0.15, 0.2) is 0 Å². The third-order valence-electron chi connectivity index (χ3n) is 5.75. The van der Waals surface area contributed by atoms with E-state index in [-0.39, 0.29) is 11.8 Å². The number of carbonyl (C=O) groups is 2. The third-order valence-corrected chi connectivity index (χ3v) is 5.75. The molecule has 0 radical (unpaired) electrons. The Labute approximate surface area is 198 Å². The third kappa shape index (κ3) is 5.53. The van der Waals surface area contributed by atoms with Crippen molar-refractivity contribution in [3.63, 3.8) is 0 Å². The van der Waals surface area contributed by atoms with Crippen LogP contribution in [0.4, 0.5) is 19.3 Å². The first-order valence-electron chi connectivity index (χ1n) is 11.1. The molecule has 2 aromatic rings. The lowest BCUT2D eigenvalue weighted by Crippen LogP contribution is -2.40. The molecule has 1 aliphatic carbocycles. The predicted octanol–water partition coefficient (Wildman–Crippen LogP) is 6.32. The fourth-order valence-electron chi connectivity index (χ4n) is 3.83. The van der Waals surface area contributed by atoms with Gasteiger partial charge in [-0.2, -0.15) is 0 Å². The number of anilines is 1. The summed E-state index contributed by atoms with van der Waals surface area (Å²) >= 11 is 0. The zero-order valence-electron chi connectivity index (χ0n) is 19.9. The minimum Gasteiger partial charge on any atom is -0.444 e. The minimum atomic E-state index is -0.894. The number of halogens is 2. The van der Waals surface area contributed by atoms with Crippen molar-refractivity contribution in [2.45, 2.75) is 45.3 Å². The molecule has 2 aromatic carbocycles. The van der Waals surface area contributed by atoms with Gasteiger partial charge in [-0.25, -0.2) is 13.6 Å². The molecule has 2 unspecified atom stereocenters. The Balaban J connectivity index is 2.03. The van der Waals surface area contributed by atoms with Crippen LogP contribution in [0.3, 0.4) is 0 Å². The van der Waals surface area contributed by atoms with E-state index < -0.39 is 34.8 Å². The summed E-state index contributed by atoms with van der Waals surface area (Å²) in [7, 11) is 0. The van der Waals surface area contributed by atoms with Gasteiger partial charge in [0.05, 0.1) is 11.5 Å². The molecule has 0 bridgehead atoms. The van der Waals surface area contributed by atoms with Crippen LogP contribution in [0, 0.1) is 23.5 Å². The van der Waals surface area contributed by atoms with Gasteiger partial charge >= 0.3 is 6.09 Å². The van der Waals surface area contributed by atoms with Crippen molar-refractivity contribution in [3.05, 3.63) is 78.9 Å². The summed E-state index contributed by atoms with van der Waals surface area (Å²) in [4.78, 5) is 24.9. The van der Waals surface area contributed by atoms with E-state index in [4.69, 9.17) is 4.74 Å². The van der Waals surface area contributed by atoms with Crippen LogP contribution in [0.5, 0.6) is 0 Å². The number of carbonyl (C=O) groups excluding carboxylic acids is 2.